The van der Waals surface area contributed by atoms with Crippen molar-refractivity contribution in [3.8, 4) is 5.75 Å². The summed E-state index contributed by atoms with van der Waals surface area (Å²) in [5.74, 6) is 0.171. The summed E-state index contributed by atoms with van der Waals surface area (Å²) in [5.41, 5.74) is 1.01. The minimum Gasteiger partial charge on any atom is -0.494 e. The first-order valence-electron chi connectivity index (χ1n) is 9.20. The Kier molecular flexibility index (Phi) is 6.64. The fraction of sp³-hybridized carbons (Fsp3) is 0.136. The largest absolute Gasteiger partial charge is 0.494 e. The molecule has 0 saturated heterocycles. The summed E-state index contributed by atoms with van der Waals surface area (Å²) < 4.78 is 32.3. The van der Waals surface area contributed by atoms with Crippen molar-refractivity contribution in [1.29, 1.82) is 0 Å². The van der Waals surface area contributed by atoms with E-state index in [1.54, 1.807) is 48.5 Å². The fourth-order valence-electron chi connectivity index (χ4n) is 2.80. The molecule has 0 heterocycles. The molecule has 3 rings (SSSR count). The number of hydrogen-bond acceptors (Lipinski definition) is 4. The van der Waals surface area contributed by atoms with Gasteiger partial charge in [0.25, 0.3) is 15.9 Å². The van der Waals surface area contributed by atoms with E-state index in [-0.39, 0.29) is 15.5 Å². The van der Waals surface area contributed by atoms with Crippen molar-refractivity contribution >= 4 is 38.9 Å². The second-order valence-corrected chi connectivity index (χ2v) is 8.74. The van der Waals surface area contributed by atoms with Gasteiger partial charge in [-0.2, -0.15) is 0 Å². The van der Waals surface area contributed by atoms with Crippen molar-refractivity contribution < 1.29 is 17.9 Å². The number of nitrogens with one attached hydrogen (secondary N) is 1. The topological polar surface area (TPSA) is 75.7 Å². The maximum absolute atomic E-state index is 12.9. The number of carbonyl (C=O) groups is 1. The van der Waals surface area contributed by atoms with Crippen molar-refractivity contribution in [2.75, 3.05) is 23.3 Å². The lowest BCUT2D eigenvalue weighted by Gasteiger charge is -2.20. The molecule has 0 saturated carbocycles. The molecule has 0 aliphatic heterocycles. The van der Waals surface area contributed by atoms with Gasteiger partial charge < -0.3 is 10.1 Å². The second-order valence-electron chi connectivity index (χ2n) is 6.36. The molecule has 6 nitrogen and oxygen atoms in total. The number of ether oxygens (including phenoxy) is 1. The zero-order valence-corrected chi connectivity index (χ0v) is 18.1. The summed E-state index contributed by atoms with van der Waals surface area (Å²) in [6.45, 7) is 2.38. The lowest BCUT2D eigenvalue weighted by atomic mass is 10.1. The van der Waals surface area contributed by atoms with Crippen LogP contribution >= 0.6 is 11.6 Å². The van der Waals surface area contributed by atoms with E-state index in [4.69, 9.17) is 16.3 Å². The van der Waals surface area contributed by atoms with Gasteiger partial charge in [0.2, 0.25) is 0 Å². The Hall–Kier alpha value is -3.03. The molecule has 3 aromatic rings. The molecule has 0 aromatic heterocycles. The van der Waals surface area contributed by atoms with Crippen LogP contribution in [0.2, 0.25) is 5.02 Å². The number of sulfonamides is 1. The SMILES string of the molecule is CCOc1cccc(NC(=O)c2cc(N(C)S(=O)(=O)c3ccccc3)ccc2Cl)c1. The third kappa shape index (κ3) is 4.75. The number of anilines is 2. The highest BCUT2D eigenvalue weighted by Crippen LogP contribution is 2.28. The zero-order valence-electron chi connectivity index (χ0n) is 16.5. The maximum Gasteiger partial charge on any atom is 0.264 e. The Labute approximate surface area is 181 Å². The minimum absolute atomic E-state index is 0.154. The molecule has 0 radical (unpaired) electrons. The number of benzene rings is 3. The lowest BCUT2D eigenvalue weighted by Crippen LogP contribution is -2.27. The van der Waals surface area contributed by atoms with E-state index in [2.05, 4.69) is 5.32 Å². The van der Waals surface area contributed by atoms with Gasteiger partial charge in [0.15, 0.2) is 0 Å². The van der Waals surface area contributed by atoms with E-state index >= 15 is 0 Å². The third-order valence-electron chi connectivity index (χ3n) is 4.36. The maximum atomic E-state index is 12.9. The first-order chi connectivity index (χ1) is 14.3. The van der Waals surface area contributed by atoms with E-state index in [0.717, 1.165) is 4.31 Å². The van der Waals surface area contributed by atoms with E-state index in [1.165, 1.54) is 31.3 Å². The van der Waals surface area contributed by atoms with Gasteiger partial charge >= 0.3 is 0 Å². The molecule has 0 atom stereocenters. The Balaban J connectivity index is 1.88. The van der Waals surface area contributed by atoms with Crippen LogP contribution in [0.25, 0.3) is 0 Å². The average molecular weight is 445 g/mol. The van der Waals surface area contributed by atoms with Crippen molar-refractivity contribution in [2.45, 2.75) is 11.8 Å². The summed E-state index contributed by atoms with van der Waals surface area (Å²) in [6, 6.07) is 19.5. The summed E-state index contributed by atoms with van der Waals surface area (Å²) >= 11 is 6.22. The molecular formula is C22H21ClN2O4S. The van der Waals surface area contributed by atoms with Crippen LogP contribution in [-0.4, -0.2) is 28.0 Å². The number of amides is 1. The normalized spacial score (nSPS) is 11.0. The molecule has 30 heavy (non-hydrogen) atoms. The minimum atomic E-state index is -3.78. The van der Waals surface area contributed by atoms with Crippen molar-refractivity contribution in [3.05, 3.63) is 83.4 Å². The smallest absolute Gasteiger partial charge is 0.264 e. The van der Waals surface area contributed by atoms with Crippen molar-refractivity contribution in [1.82, 2.24) is 0 Å². The molecule has 0 fully saturated rings. The average Bonchev–Trinajstić information content (AvgIpc) is 2.74. The van der Waals surface area contributed by atoms with Crippen LogP contribution < -0.4 is 14.4 Å². The highest BCUT2D eigenvalue weighted by atomic mass is 35.5. The molecule has 0 aliphatic carbocycles. The Morgan fingerprint density at radius 3 is 2.47 bits per heavy atom. The monoisotopic (exact) mass is 444 g/mol. The third-order valence-corrected chi connectivity index (χ3v) is 6.49. The Morgan fingerprint density at radius 2 is 1.77 bits per heavy atom. The summed E-state index contributed by atoms with van der Waals surface area (Å²) in [4.78, 5) is 12.9. The predicted octanol–water partition coefficient (Wildman–Crippen LogP) is 4.82. The van der Waals surface area contributed by atoms with E-state index < -0.39 is 15.9 Å². The van der Waals surface area contributed by atoms with Gasteiger partial charge in [-0.05, 0) is 49.4 Å². The van der Waals surface area contributed by atoms with Gasteiger partial charge in [-0.3, -0.25) is 9.10 Å². The van der Waals surface area contributed by atoms with Crippen LogP contribution in [0.5, 0.6) is 5.75 Å². The van der Waals surface area contributed by atoms with Gasteiger partial charge in [0.05, 0.1) is 27.8 Å². The molecular weight excluding hydrogens is 424 g/mol. The van der Waals surface area contributed by atoms with Gasteiger partial charge in [-0.1, -0.05) is 35.9 Å². The fourth-order valence-corrected chi connectivity index (χ4v) is 4.21. The molecule has 0 aliphatic rings. The first-order valence-corrected chi connectivity index (χ1v) is 11.0. The van der Waals surface area contributed by atoms with Crippen LogP contribution in [0.4, 0.5) is 11.4 Å². The summed E-state index contributed by atoms with van der Waals surface area (Å²) in [7, 11) is -2.35. The molecule has 156 valence electrons. The first kappa shape index (κ1) is 21.7. The van der Waals surface area contributed by atoms with Gasteiger partial charge in [0, 0.05) is 18.8 Å². The van der Waals surface area contributed by atoms with Crippen LogP contribution in [-0.2, 0) is 10.0 Å². The number of rotatable bonds is 7. The molecule has 3 aromatic carbocycles. The molecule has 0 spiro atoms. The number of hydrogen-bond donors (Lipinski definition) is 1. The number of nitrogens with zero attached hydrogens (tertiary/aromatic N) is 1. The molecule has 0 unspecified atom stereocenters. The summed E-state index contributed by atoms with van der Waals surface area (Å²) in [6.07, 6.45) is 0. The molecule has 1 N–H and O–H groups in total. The second kappa shape index (κ2) is 9.19. The Bertz CT molecular complexity index is 1150. The van der Waals surface area contributed by atoms with Crippen molar-refractivity contribution in [3.63, 3.8) is 0 Å². The quantitative estimate of drug-likeness (QED) is 0.567. The van der Waals surface area contributed by atoms with Crippen LogP contribution in [0, 0.1) is 0 Å². The highest BCUT2D eigenvalue weighted by molar-refractivity contribution is 7.92. The van der Waals surface area contributed by atoms with E-state index in [0.29, 0.717) is 23.7 Å². The Morgan fingerprint density at radius 1 is 1.03 bits per heavy atom. The zero-order chi connectivity index (χ0) is 21.7. The van der Waals surface area contributed by atoms with E-state index in [9.17, 15) is 13.2 Å². The number of carbonyl (C=O) groups excluding carboxylic acids is 1. The van der Waals surface area contributed by atoms with Crippen LogP contribution in [0.15, 0.2) is 77.7 Å². The van der Waals surface area contributed by atoms with Gasteiger partial charge in [0.1, 0.15) is 5.75 Å². The standard InChI is InChI=1S/C22H21ClN2O4S/c1-3-29-18-9-7-8-16(14-18)24-22(26)20-15-17(12-13-21(20)23)25(2)30(27,28)19-10-5-4-6-11-19/h4-15H,3H2,1-2H3,(H,24,26). The number of halogens is 1. The molecule has 1 amide bonds. The van der Waals surface area contributed by atoms with Crippen molar-refractivity contribution in [2.24, 2.45) is 0 Å². The van der Waals surface area contributed by atoms with Gasteiger partial charge in [-0.25, -0.2) is 8.42 Å². The van der Waals surface area contributed by atoms with E-state index in [1.807, 2.05) is 6.92 Å². The highest BCUT2D eigenvalue weighted by Gasteiger charge is 2.22. The molecule has 0 bridgehead atoms. The molecule has 8 heteroatoms. The van der Waals surface area contributed by atoms with Crippen LogP contribution in [0.1, 0.15) is 17.3 Å². The predicted molar refractivity (Wildman–Crippen MR) is 119 cm³/mol. The van der Waals surface area contributed by atoms with Gasteiger partial charge in [-0.15, -0.1) is 0 Å². The summed E-state index contributed by atoms with van der Waals surface area (Å²) in [5, 5.41) is 2.97. The lowest BCUT2D eigenvalue weighted by molar-refractivity contribution is 0.102. The van der Waals surface area contributed by atoms with Crippen LogP contribution in [0.3, 0.4) is 0 Å².